The standard InChI is InChI=1S/C15H23BrClNO/c1-15(2,7-4-8-17)12-18-9-10-19-14-6-3-5-13(16)11-14/h3,5-6,11,18H,4,7-10,12H2,1-2H3. The summed E-state index contributed by atoms with van der Waals surface area (Å²) in [6, 6.07) is 7.91. The summed E-state index contributed by atoms with van der Waals surface area (Å²) in [5, 5.41) is 3.44. The highest BCUT2D eigenvalue weighted by Crippen LogP contribution is 2.21. The zero-order valence-corrected chi connectivity index (χ0v) is 14.1. The zero-order chi connectivity index (χ0) is 14.1. The van der Waals surface area contributed by atoms with Crippen LogP contribution in [0.2, 0.25) is 0 Å². The summed E-state index contributed by atoms with van der Waals surface area (Å²) >= 11 is 9.16. The van der Waals surface area contributed by atoms with Crippen molar-refractivity contribution >= 4 is 27.5 Å². The first-order valence-corrected chi connectivity index (χ1v) is 8.01. The molecule has 19 heavy (non-hydrogen) atoms. The van der Waals surface area contributed by atoms with Gasteiger partial charge in [0.1, 0.15) is 12.4 Å². The van der Waals surface area contributed by atoms with E-state index in [9.17, 15) is 0 Å². The lowest BCUT2D eigenvalue weighted by Gasteiger charge is -2.24. The molecule has 0 heterocycles. The summed E-state index contributed by atoms with van der Waals surface area (Å²) < 4.78 is 6.71. The minimum Gasteiger partial charge on any atom is -0.492 e. The SMILES string of the molecule is CC(C)(CCCCl)CNCCOc1cccc(Br)c1. The monoisotopic (exact) mass is 347 g/mol. The van der Waals surface area contributed by atoms with Crippen LogP contribution in [0.15, 0.2) is 28.7 Å². The molecule has 1 rings (SSSR count). The smallest absolute Gasteiger partial charge is 0.120 e. The Bertz CT molecular complexity index is 371. The first kappa shape index (κ1) is 16.8. The second kappa shape index (κ2) is 8.83. The lowest BCUT2D eigenvalue weighted by atomic mass is 9.88. The number of alkyl halides is 1. The van der Waals surface area contributed by atoms with Gasteiger partial charge in [-0.1, -0.05) is 35.8 Å². The fourth-order valence-corrected chi connectivity index (χ4v) is 2.37. The van der Waals surface area contributed by atoms with Crippen LogP contribution < -0.4 is 10.1 Å². The fraction of sp³-hybridized carbons (Fsp3) is 0.600. The molecule has 0 spiro atoms. The van der Waals surface area contributed by atoms with Crippen molar-refractivity contribution in [3.63, 3.8) is 0 Å². The summed E-state index contributed by atoms with van der Waals surface area (Å²) in [4.78, 5) is 0. The highest BCUT2D eigenvalue weighted by molar-refractivity contribution is 9.10. The Balaban J connectivity index is 2.14. The molecule has 0 aliphatic heterocycles. The number of ether oxygens (including phenoxy) is 1. The molecule has 1 N–H and O–H groups in total. The lowest BCUT2D eigenvalue weighted by Crippen LogP contribution is -2.32. The number of hydrogen-bond donors (Lipinski definition) is 1. The Hall–Kier alpha value is -0.250. The van der Waals surface area contributed by atoms with Crippen molar-refractivity contribution in [3.05, 3.63) is 28.7 Å². The van der Waals surface area contributed by atoms with E-state index < -0.39 is 0 Å². The molecule has 0 saturated heterocycles. The quantitative estimate of drug-likeness (QED) is 0.525. The number of nitrogens with one attached hydrogen (secondary N) is 1. The normalized spacial score (nSPS) is 11.6. The maximum atomic E-state index is 5.73. The van der Waals surface area contributed by atoms with Crippen LogP contribution in [0.4, 0.5) is 0 Å². The highest BCUT2D eigenvalue weighted by Gasteiger charge is 2.16. The van der Waals surface area contributed by atoms with Crippen LogP contribution in [-0.4, -0.2) is 25.6 Å². The van der Waals surface area contributed by atoms with E-state index in [-0.39, 0.29) is 0 Å². The van der Waals surface area contributed by atoms with Crippen LogP contribution in [0.3, 0.4) is 0 Å². The summed E-state index contributed by atoms with van der Waals surface area (Å²) in [6.45, 7) is 7.06. The average molecular weight is 349 g/mol. The molecule has 1 aromatic rings. The van der Waals surface area contributed by atoms with Gasteiger partial charge in [-0.2, -0.15) is 0 Å². The predicted octanol–water partition coefficient (Wildman–Crippen LogP) is 4.46. The number of hydrogen-bond acceptors (Lipinski definition) is 2. The molecule has 0 aliphatic carbocycles. The van der Waals surface area contributed by atoms with Gasteiger partial charge in [0.15, 0.2) is 0 Å². The van der Waals surface area contributed by atoms with Gasteiger partial charge in [0, 0.05) is 23.4 Å². The van der Waals surface area contributed by atoms with Gasteiger partial charge in [0.05, 0.1) is 0 Å². The Labute approximate surface area is 130 Å². The number of halogens is 2. The van der Waals surface area contributed by atoms with Crippen molar-refractivity contribution in [1.82, 2.24) is 5.32 Å². The fourth-order valence-electron chi connectivity index (χ4n) is 1.86. The third kappa shape index (κ3) is 7.81. The van der Waals surface area contributed by atoms with E-state index in [1.165, 1.54) is 0 Å². The van der Waals surface area contributed by atoms with Gasteiger partial charge in [0.25, 0.3) is 0 Å². The van der Waals surface area contributed by atoms with E-state index in [1.807, 2.05) is 24.3 Å². The number of rotatable bonds is 9. The minimum atomic E-state index is 0.296. The Morgan fingerprint density at radius 3 is 2.84 bits per heavy atom. The van der Waals surface area contributed by atoms with Gasteiger partial charge in [-0.15, -0.1) is 11.6 Å². The molecule has 0 saturated carbocycles. The van der Waals surface area contributed by atoms with Gasteiger partial charge in [-0.3, -0.25) is 0 Å². The molecular weight excluding hydrogens is 326 g/mol. The van der Waals surface area contributed by atoms with Crippen LogP contribution >= 0.6 is 27.5 Å². The van der Waals surface area contributed by atoms with Crippen LogP contribution in [0.25, 0.3) is 0 Å². The summed E-state index contributed by atoms with van der Waals surface area (Å²) in [6.07, 6.45) is 2.22. The lowest BCUT2D eigenvalue weighted by molar-refractivity contribution is 0.277. The molecule has 108 valence electrons. The van der Waals surface area contributed by atoms with Gasteiger partial charge < -0.3 is 10.1 Å². The molecule has 0 unspecified atom stereocenters. The Morgan fingerprint density at radius 1 is 1.37 bits per heavy atom. The highest BCUT2D eigenvalue weighted by atomic mass is 79.9. The molecule has 0 aromatic heterocycles. The molecule has 0 amide bonds. The second-order valence-corrected chi connectivity index (χ2v) is 6.73. The van der Waals surface area contributed by atoms with E-state index in [0.717, 1.165) is 42.0 Å². The predicted molar refractivity (Wildman–Crippen MR) is 86.2 cm³/mol. The topological polar surface area (TPSA) is 21.3 Å². The van der Waals surface area contributed by atoms with E-state index in [4.69, 9.17) is 16.3 Å². The summed E-state index contributed by atoms with van der Waals surface area (Å²) in [5.74, 6) is 1.65. The van der Waals surface area contributed by atoms with Crippen LogP contribution in [0.1, 0.15) is 26.7 Å². The van der Waals surface area contributed by atoms with Gasteiger partial charge in [-0.05, 0) is 36.5 Å². The van der Waals surface area contributed by atoms with E-state index in [1.54, 1.807) is 0 Å². The summed E-state index contributed by atoms with van der Waals surface area (Å²) in [5.41, 5.74) is 0.296. The molecule has 0 atom stereocenters. The van der Waals surface area contributed by atoms with Crippen molar-refractivity contribution in [2.45, 2.75) is 26.7 Å². The maximum absolute atomic E-state index is 5.73. The van der Waals surface area contributed by atoms with E-state index in [2.05, 4.69) is 35.1 Å². The summed E-state index contributed by atoms with van der Waals surface area (Å²) in [7, 11) is 0. The van der Waals surface area contributed by atoms with E-state index in [0.29, 0.717) is 12.0 Å². The van der Waals surface area contributed by atoms with Crippen molar-refractivity contribution in [1.29, 1.82) is 0 Å². The van der Waals surface area contributed by atoms with Crippen molar-refractivity contribution in [2.24, 2.45) is 5.41 Å². The van der Waals surface area contributed by atoms with Gasteiger partial charge in [-0.25, -0.2) is 0 Å². The Kier molecular flexibility index (Phi) is 7.81. The third-order valence-electron chi connectivity index (χ3n) is 2.93. The molecule has 0 aliphatic rings. The van der Waals surface area contributed by atoms with Gasteiger partial charge >= 0.3 is 0 Å². The molecule has 0 fully saturated rings. The van der Waals surface area contributed by atoms with Gasteiger partial charge in [0.2, 0.25) is 0 Å². The molecule has 1 aromatic carbocycles. The second-order valence-electron chi connectivity index (χ2n) is 5.44. The molecule has 0 radical (unpaired) electrons. The molecule has 4 heteroatoms. The van der Waals surface area contributed by atoms with Crippen molar-refractivity contribution in [3.8, 4) is 5.75 Å². The first-order valence-electron chi connectivity index (χ1n) is 6.68. The average Bonchev–Trinajstić information content (AvgIpc) is 2.36. The van der Waals surface area contributed by atoms with Crippen molar-refractivity contribution in [2.75, 3.05) is 25.6 Å². The largest absolute Gasteiger partial charge is 0.492 e. The molecule has 0 bridgehead atoms. The minimum absolute atomic E-state index is 0.296. The molecular formula is C15H23BrClNO. The first-order chi connectivity index (χ1) is 9.03. The Morgan fingerprint density at radius 2 is 2.16 bits per heavy atom. The maximum Gasteiger partial charge on any atom is 0.120 e. The number of benzene rings is 1. The molecule has 2 nitrogen and oxygen atoms in total. The third-order valence-corrected chi connectivity index (χ3v) is 3.69. The van der Waals surface area contributed by atoms with Crippen LogP contribution in [0, 0.1) is 5.41 Å². The van der Waals surface area contributed by atoms with Crippen LogP contribution in [0.5, 0.6) is 5.75 Å². The zero-order valence-electron chi connectivity index (χ0n) is 11.7. The van der Waals surface area contributed by atoms with Crippen LogP contribution in [-0.2, 0) is 0 Å². The van der Waals surface area contributed by atoms with Crippen molar-refractivity contribution < 1.29 is 4.74 Å². The van der Waals surface area contributed by atoms with E-state index >= 15 is 0 Å².